The van der Waals surface area contributed by atoms with Gasteiger partial charge in [-0.25, -0.2) is 0 Å². The van der Waals surface area contributed by atoms with E-state index in [9.17, 15) is 9.59 Å². The van der Waals surface area contributed by atoms with Crippen molar-refractivity contribution in [3.05, 3.63) is 12.1 Å². The van der Waals surface area contributed by atoms with Crippen LogP contribution in [-0.2, 0) is 9.59 Å². The minimum atomic E-state index is -1.06. The summed E-state index contributed by atoms with van der Waals surface area (Å²) in [7, 11) is 0. The lowest BCUT2D eigenvalue weighted by atomic mass is 10.1. The molecule has 2 N–H and O–H groups in total. The molecule has 0 saturated carbocycles. The molecule has 2 aliphatic heterocycles. The number of hydrogen-bond acceptors (Lipinski definition) is 5. The molecule has 1 aromatic rings. The highest BCUT2D eigenvalue weighted by Crippen LogP contribution is 2.42. The smallest absolute Gasteiger partial charge is 0.323 e. The van der Waals surface area contributed by atoms with Gasteiger partial charge in [0.15, 0.2) is 11.5 Å². The highest BCUT2D eigenvalue weighted by Gasteiger charge is 2.32. The number of carboxylic acids is 1. The van der Waals surface area contributed by atoms with Crippen molar-refractivity contribution in [3.8, 4) is 11.5 Å². The van der Waals surface area contributed by atoms with Crippen LogP contribution in [0.2, 0.25) is 0 Å². The summed E-state index contributed by atoms with van der Waals surface area (Å²) in [5.74, 6) is -0.223. The van der Waals surface area contributed by atoms with Crippen LogP contribution in [0.25, 0.3) is 0 Å². The molecule has 7 nitrogen and oxygen atoms in total. The van der Waals surface area contributed by atoms with Crippen molar-refractivity contribution in [1.82, 2.24) is 0 Å². The Kier molecular flexibility index (Phi) is 2.89. The number of ether oxygens (including phenoxy) is 2. The van der Waals surface area contributed by atoms with Gasteiger partial charge in [0.05, 0.1) is 11.4 Å². The van der Waals surface area contributed by atoms with E-state index in [4.69, 9.17) is 14.6 Å². The zero-order valence-electron chi connectivity index (χ0n) is 10.9. The van der Waals surface area contributed by atoms with E-state index in [1.54, 1.807) is 19.1 Å². The minimum Gasteiger partial charge on any atom is -0.486 e. The van der Waals surface area contributed by atoms with E-state index in [1.165, 1.54) is 4.90 Å². The molecule has 0 aliphatic carbocycles. The second-order valence-corrected chi connectivity index (χ2v) is 4.70. The van der Waals surface area contributed by atoms with E-state index in [1.807, 2.05) is 0 Å². The molecule has 0 radical (unpaired) electrons. The zero-order valence-corrected chi connectivity index (χ0v) is 10.9. The van der Waals surface area contributed by atoms with Gasteiger partial charge in [-0.2, -0.15) is 0 Å². The third-order valence-electron chi connectivity index (χ3n) is 3.25. The van der Waals surface area contributed by atoms with Crippen LogP contribution in [-0.4, -0.2) is 42.8 Å². The Labute approximate surface area is 115 Å². The summed E-state index contributed by atoms with van der Waals surface area (Å²) >= 11 is 0. The van der Waals surface area contributed by atoms with Crippen LogP contribution in [0.3, 0.4) is 0 Å². The predicted molar refractivity (Wildman–Crippen MR) is 70.5 cm³/mol. The van der Waals surface area contributed by atoms with Gasteiger partial charge in [-0.1, -0.05) is 0 Å². The van der Waals surface area contributed by atoms with Crippen molar-refractivity contribution in [2.45, 2.75) is 13.0 Å². The molecular formula is C13H14N2O5. The van der Waals surface area contributed by atoms with Gasteiger partial charge in [0.2, 0.25) is 5.91 Å². The molecule has 2 heterocycles. The number of carbonyl (C=O) groups is 2. The third kappa shape index (κ3) is 2.01. The Morgan fingerprint density at radius 1 is 1.40 bits per heavy atom. The summed E-state index contributed by atoms with van der Waals surface area (Å²) in [5, 5.41) is 12.0. The maximum absolute atomic E-state index is 12.1. The summed E-state index contributed by atoms with van der Waals surface area (Å²) in [6, 6.07) is 2.90. The molecule has 0 saturated heterocycles. The second kappa shape index (κ2) is 4.59. The molecule has 2 aliphatic rings. The van der Waals surface area contributed by atoms with Crippen molar-refractivity contribution < 1.29 is 24.2 Å². The standard InChI is InChI=1S/C13H14N2O5/c1-7-13(18)15(6-12(16)17)9-5-11-10(4-8(9)14-7)19-2-3-20-11/h4-5,7,14H,2-3,6H2,1H3,(H,16,17). The fourth-order valence-corrected chi connectivity index (χ4v) is 2.36. The number of carboxylic acid groups (broad SMARTS) is 1. The summed E-state index contributed by atoms with van der Waals surface area (Å²) in [5.41, 5.74) is 1.17. The van der Waals surface area contributed by atoms with E-state index in [0.717, 1.165) is 0 Å². The molecule has 0 bridgehead atoms. The number of hydrogen-bond donors (Lipinski definition) is 2. The predicted octanol–water partition coefficient (Wildman–Crippen LogP) is 0.689. The normalized spacial score (nSPS) is 20.1. The SMILES string of the molecule is CC1Nc2cc3c(cc2N(CC(=O)O)C1=O)OCCO3. The van der Waals surface area contributed by atoms with Crippen LogP contribution in [0.4, 0.5) is 11.4 Å². The third-order valence-corrected chi connectivity index (χ3v) is 3.25. The van der Waals surface area contributed by atoms with Crippen molar-refractivity contribution in [2.75, 3.05) is 30.0 Å². The van der Waals surface area contributed by atoms with E-state index in [-0.39, 0.29) is 12.5 Å². The average Bonchev–Trinajstić information content (AvgIpc) is 2.42. The van der Waals surface area contributed by atoms with Crippen molar-refractivity contribution >= 4 is 23.3 Å². The molecule has 20 heavy (non-hydrogen) atoms. The van der Waals surface area contributed by atoms with E-state index >= 15 is 0 Å². The van der Waals surface area contributed by atoms with Gasteiger partial charge in [-0.3, -0.25) is 14.5 Å². The van der Waals surface area contributed by atoms with Gasteiger partial charge in [0.1, 0.15) is 25.8 Å². The second-order valence-electron chi connectivity index (χ2n) is 4.70. The summed E-state index contributed by atoms with van der Waals surface area (Å²) in [6.45, 7) is 2.22. The highest BCUT2D eigenvalue weighted by atomic mass is 16.6. The Balaban J connectivity index is 2.06. The van der Waals surface area contributed by atoms with Crippen molar-refractivity contribution in [1.29, 1.82) is 0 Å². The monoisotopic (exact) mass is 278 g/mol. The van der Waals surface area contributed by atoms with Crippen LogP contribution in [0, 0.1) is 0 Å². The van der Waals surface area contributed by atoms with Gasteiger partial charge in [0.25, 0.3) is 0 Å². The molecule has 1 amide bonds. The number of rotatable bonds is 2. The first kappa shape index (κ1) is 12.6. The molecule has 106 valence electrons. The summed E-state index contributed by atoms with van der Waals surface area (Å²) < 4.78 is 10.9. The zero-order chi connectivity index (χ0) is 14.3. The fraction of sp³-hybridized carbons (Fsp3) is 0.385. The Bertz CT molecular complexity index is 586. The highest BCUT2D eigenvalue weighted by molar-refractivity contribution is 6.07. The van der Waals surface area contributed by atoms with Crippen molar-refractivity contribution in [2.24, 2.45) is 0 Å². The van der Waals surface area contributed by atoms with E-state index in [0.29, 0.717) is 36.1 Å². The van der Waals surface area contributed by atoms with Gasteiger partial charge >= 0.3 is 5.97 Å². The number of nitrogens with one attached hydrogen (secondary N) is 1. The number of carbonyl (C=O) groups excluding carboxylic acids is 1. The molecule has 7 heteroatoms. The van der Waals surface area contributed by atoms with Crippen LogP contribution >= 0.6 is 0 Å². The number of fused-ring (bicyclic) bond motifs is 2. The topological polar surface area (TPSA) is 88.1 Å². The number of benzene rings is 1. The van der Waals surface area contributed by atoms with Crippen LogP contribution < -0.4 is 19.7 Å². The molecule has 0 fully saturated rings. The van der Waals surface area contributed by atoms with Gasteiger partial charge in [0, 0.05) is 12.1 Å². The maximum atomic E-state index is 12.1. The molecule has 3 rings (SSSR count). The molecule has 0 spiro atoms. The average molecular weight is 278 g/mol. The Hall–Kier alpha value is -2.44. The molecule has 0 aromatic heterocycles. The minimum absolute atomic E-state index is 0.281. The molecular weight excluding hydrogens is 264 g/mol. The maximum Gasteiger partial charge on any atom is 0.323 e. The first-order valence-corrected chi connectivity index (χ1v) is 6.29. The van der Waals surface area contributed by atoms with E-state index < -0.39 is 12.0 Å². The largest absolute Gasteiger partial charge is 0.486 e. The summed E-state index contributed by atoms with van der Waals surface area (Å²) in [4.78, 5) is 24.3. The van der Waals surface area contributed by atoms with Crippen LogP contribution in [0.15, 0.2) is 12.1 Å². The van der Waals surface area contributed by atoms with Gasteiger partial charge < -0.3 is 19.9 Å². The molecule has 1 unspecified atom stereocenters. The number of amides is 1. The fourth-order valence-electron chi connectivity index (χ4n) is 2.36. The number of nitrogens with zero attached hydrogens (tertiary/aromatic N) is 1. The first-order valence-electron chi connectivity index (χ1n) is 6.29. The van der Waals surface area contributed by atoms with Gasteiger partial charge in [-0.05, 0) is 6.92 Å². The number of anilines is 2. The summed E-state index contributed by atoms with van der Waals surface area (Å²) in [6.07, 6.45) is 0. The number of aliphatic carboxylic acids is 1. The quantitative estimate of drug-likeness (QED) is 0.827. The lowest BCUT2D eigenvalue weighted by Crippen LogP contribution is -2.47. The van der Waals surface area contributed by atoms with Crippen LogP contribution in [0.5, 0.6) is 11.5 Å². The lowest BCUT2D eigenvalue weighted by molar-refractivity contribution is -0.136. The van der Waals surface area contributed by atoms with Crippen molar-refractivity contribution in [3.63, 3.8) is 0 Å². The lowest BCUT2D eigenvalue weighted by Gasteiger charge is -2.34. The molecule has 1 aromatic carbocycles. The Morgan fingerprint density at radius 3 is 2.70 bits per heavy atom. The first-order chi connectivity index (χ1) is 9.56. The van der Waals surface area contributed by atoms with Crippen LogP contribution in [0.1, 0.15) is 6.92 Å². The van der Waals surface area contributed by atoms with E-state index in [2.05, 4.69) is 5.32 Å². The van der Waals surface area contributed by atoms with Gasteiger partial charge in [-0.15, -0.1) is 0 Å². The molecule has 1 atom stereocenters. The Morgan fingerprint density at radius 2 is 2.05 bits per heavy atom.